The Balaban J connectivity index is 2.15. The molecule has 1 aromatic rings. The van der Waals surface area contributed by atoms with Crippen LogP contribution >= 0.6 is 0 Å². The Bertz CT molecular complexity index is 595. The first-order valence-corrected chi connectivity index (χ1v) is 7.77. The predicted molar refractivity (Wildman–Crippen MR) is 75.1 cm³/mol. The van der Waals surface area contributed by atoms with Gasteiger partial charge in [0.25, 0.3) is 0 Å². The summed E-state index contributed by atoms with van der Waals surface area (Å²) in [7, 11) is -3.72. The van der Waals surface area contributed by atoms with Crippen LogP contribution in [0, 0.1) is 6.92 Å². The first-order valence-electron chi connectivity index (χ1n) is 6.36. The zero-order valence-electron chi connectivity index (χ0n) is 11.1. The van der Waals surface area contributed by atoms with Gasteiger partial charge in [0.15, 0.2) is 0 Å². The smallest absolute Gasteiger partial charge is 0.338 e. The molecule has 0 N–H and O–H groups in total. The monoisotopic (exact) mass is 278 g/mol. The van der Waals surface area contributed by atoms with Crippen LogP contribution in [0.1, 0.15) is 31.2 Å². The maximum Gasteiger partial charge on any atom is 0.338 e. The van der Waals surface area contributed by atoms with Gasteiger partial charge in [-0.25, -0.2) is 0 Å². The van der Waals surface area contributed by atoms with E-state index in [0.29, 0.717) is 0 Å². The second-order valence-electron chi connectivity index (χ2n) is 4.82. The van der Waals surface area contributed by atoms with Gasteiger partial charge in [-0.1, -0.05) is 24.3 Å². The van der Waals surface area contributed by atoms with Gasteiger partial charge in [-0.3, -0.25) is 0 Å². The van der Waals surface area contributed by atoms with Crippen LogP contribution in [0.25, 0.3) is 0 Å². The molecule has 0 saturated heterocycles. The molecule has 3 nitrogen and oxygen atoms in total. The summed E-state index contributed by atoms with van der Waals surface area (Å²) in [5, 5.41) is 0. The molecule has 0 amide bonds. The third kappa shape index (κ3) is 3.47. The number of hydrogen-bond donors (Lipinski definition) is 0. The molecule has 19 heavy (non-hydrogen) atoms. The van der Waals surface area contributed by atoms with Crippen LogP contribution in [0.15, 0.2) is 53.1 Å². The quantitative estimate of drug-likeness (QED) is 0.625. The molecule has 1 aromatic carbocycles. The van der Waals surface area contributed by atoms with Crippen molar-refractivity contribution in [1.29, 1.82) is 0 Å². The molecule has 102 valence electrons. The maximum absolute atomic E-state index is 12.0. The van der Waals surface area contributed by atoms with Gasteiger partial charge < -0.3 is 4.18 Å². The summed E-state index contributed by atoms with van der Waals surface area (Å²) in [5.74, 6) is 0. The van der Waals surface area contributed by atoms with Gasteiger partial charge in [0.2, 0.25) is 0 Å². The van der Waals surface area contributed by atoms with Crippen molar-refractivity contribution in [2.45, 2.75) is 37.5 Å². The van der Waals surface area contributed by atoms with Crippen LogP contribution in [0.2, 0.25) is 0 Å². The van der Waals surface area contributed by atoms with Crippen molar-refractivity contribution in [3.05, 3.63) is 53.8 Å². The highest BCUT2D eigenvalue weighted by Gasteiger charge is 2.16. The zero-order chi connectivity index (χ0) is 13.9. The normalized spacial score (nSPS) is 18.6. The van der Waals surface area contributed by atoms with E-state index in [1.807, 2.05) is 6.92 Å². The van der Waals surface area contributed by atoms with E-state index in [1.165, 1.54) is 6.26 Å². The van der Waals surface area contributed by atoms with E-state index in [4.69, 9.17) is 4.18 Å². The molecular weight excluding hydrogens is 260 g/mol. The van der Waals surface area contributed by atoms with Crippen LogP contribution in [-0.2, 0) is 14.3 Å². The van der Waals surface area contributed by atoms with E-state index >= 15 is 0 Å². The zero-order valence-corrected chi connectivity index (χ0v) is 11.9. The Morgan fingerprint density at radius 1 is 1.16 bits per heavy atom. The minimum atomic E-state index is -3.72. The molecule has 1 aliphatic carbocycles. The Kier molecular flexibility index (Phi) is 4.10. The first-order chi connectivity index (χ1) is 8.99. The van der Waals surface area contributed by atoms with E-state index < -0.39 is 10.1 Å². The van der Waals surface area contributed by atoms with Gasteiger partial charge in [-0.15, -0.1) is 0 Å². The second-order valence-corrected chi connectivity index (χ2v) is 6.39. The average molecular weight is 278 g/mol. The highest BCUT2D eigenvalue weighted by Crippen LogP contribution is 2.27. The molecule has 2 rings (SSSR count). The molecule has 0 atom stereocenters. The Morgan fingerprint density at radius 2 is 1.79 bits per heavy atom. The van der Waals surface area contributed by atoms with Gasteiger partial charge in [-0.05, 0) is 55.9 Å². The van der Waals surface area contributed by atoms with Gasteiger partial charge in [0.1, 0.15) is 11.2 Å². The van der Waals surface area contributed by atoms with Crippen LogP contribution in [0.4, 0.5) is 0 Å². The minimum Gasteiger partial charge on any atom is -0.387 e. The fraction of sp³-hybridized carbons (Fsp3) is 0.333. The van der Waals surface area contributed by atoms with Gasteiger partial charge in [0.05, 0.1) is 0 Å². The van der Waals surface area contributed by atoms with E-state index in [0.717, 1.165) is 42.4 Å². The molecule has 0 radical (unpaired) electrons. The second kappa shape index (κ2) is 5.61. The van der Waals surface area contributed by atoms with Crippen molar-refractivity contribution in [2.75, 3.05) is 0 Å². The highest BCUT2D eigenvalue weighted by molar-refractivity contribution is 7.86. The number of aryl methyl sites for hydroxylation is 1. The summed E-state index contributed by atoms with van der Waals surface area (Å²) in [6.07, 6.45) is 5.26. The molecule has 4 heteroatoms. The third-order valence-corrected chi connectivity index (χ3v) is 4.45. The SMILES string of the molecule is C=C1CCCC/C1=C\OS(=O)(=O)c1ccc(C)cc1. The average Bonchev–Trinajstić information content (AvgIpc) is 2.38. The standard InChI is InChI=1S/C15H18O3S/c1-12-7-9-15(10-8-12)19(16,17)18-11-14-6-4-3-5-13(14)2/h7-11H,2-6H2,1H3/b14-11+. The summed E-state index contributed by atoms with van der Waals surface area (Å²) in [6.45, 7) is 5.85. The van der Waals surface area contributed by atoms with Crippen molar-refractivity contribution >= 4 is 10.1 Å². The molecule has 0 bridgehead atoms. The lowest BCUT2D eigenvalue weighted by Crippen LogP contribution is -2.05. The first kappa shape index (κ1) is 13.9. The van der Waals surface area contributed by atoms with Crippen molar-refractivity contribution in [2.24, 2.45) is 0 Å². The van der Waals surface area contributed by atoms with Crippen molar-refractivity contribution in [1.82, 2.24) is 0 Å². The molecule has 0 unspecified atom stereocenters. The fourth-order valence-electron chi connectivity index (χ4n) is 2.02. The number of hydrogen-bond acceptors (Lipinski definition) is 3. The lowest BCUT2D eigenvalue weighted by molar-refractivity contribution is 0.437. The Labute approximate surface area is 114 Å². The largest absolute Gasteiger partial charge is 0.387 e. The topological polar surface area (TPSA) is 43.4 Å². The number of allylic oxidation sites excluding steroid dienone is 2. The Morgan fingerprint density at radius 3 is 2.42 bits per heavy atom. The van der Waals surface area contributed by atoms with Gasteiger partial charge >= 0.3 is 10.1 Å². The fourth-order valence-corrected chi connectivity index (χ4v) is 2.84. The number of rotatable bonds is 3. The summed E-state index contributed by atoms with van der Waals surface area (Å²) < 4.78 is 29.0. The van der Waals surface area contributed by atoms with Gasteiger partial charge in [-0.2, -0.15) is 8.42 Å². The predicted octanol–water partition coefficient (Wildman–Crippen LogP) is 3.71. The van der Waals surface area contributed by atoms with Gasteiger partial charge in [0, 0.05) is 0 Å². The molecule has 1 saturated carbocycles. The third-order valence-electron chi connectivity index (χ3n) is 3.26. The number of benzene rings is 1. The van der Waals surface area contributed by atoms with Crippen molar-refractivity contribution < 1.29 is 12.6 Å². The van der Waals surface area contributed by atoms with E-state index in [9.17, 15) is 8.42 Å². The molecule has 1 aliphatic rings. The molecule has 0 aromatic heterocycles. The molecular formula is C15H18O3S. The van der Waals surface area contributed by atoms with Crippen LogP contribution in [0.5, 0.6) is 0 Å². The van der Waals surface area contributed by atoms with Crippen LogP contribution < -0.4 is 0 Å². The summed E-state index contributed by atoms with van der Waals surface area (Å²) in [5.41, 5.74) is 2.89. The van der Waals surface area contributed by atoms with Crippen LogP contribution in [0.3, 0.4) is 0 Å². The summed E-state index contributed by atoms with van der Waals surface area (Å²) in [4.78, 5) is 0.177. The summed E-state index contributed by atoms with van der Waals surface area (Å²) >= 11 is 0. The van der Waals surface area contributed by atoms with E-state index in [-0.39, 0.29) is 4.90 Å². The van der Waals surface area contributed by atoms with E-state index in [1.54, 1.807) is 24.3 Å². The molecule has 0 heterocycles. The Hall–Kier alpha value is -1.55. The molecule has 1 fully saturated rings. The van der Waals surface area contributed by atoms with Crippen LogP contribution in [-0.4, -0.2) is 8.42 Å². The van der Waals surface area contributed by atoms with E-state index in [2.05, 4.69) is 6.58 Å². The maximum atomic E-state index is 12.0. The lowest BCUT2D eigenvalue weighted by Gasteiger charge is -2.16. The van der Waals surface area contributed by atoms with Crippen molar-refractivity contribution in [3.63, 3.8) is 0 Å². The minimum absolute atomic E-state index is 0.177. The highest BCUT2D eigenvalue weighted by atomic mass is 32.2. The lowest BCUT2D eigenvalue weighted by atomic mass is 9.92. The van der Waals surface area contributed by atoms with Crippen molar-refractivity contribution in [3.8, 4) is 0 Å². The summed E-state index contributed by atoms with van der Waals surface area (Å²) in [6, 6.07) is 6.61. The molecule has 0 spiro atoms. The molecule has 0 aliphatic heterocycles.